The average Bonchev–Trinajstić information content (AvgIpc) is 2.45. The minimum Gasteiger partial charge on any atom is -0.387 e. The number of hydrogen-bond donors (Lipinski definition) is 2. The Hall–Kier alpha value is -1.42. The van der Waals surface area contributed by atoms with Crippen molar-refractivity contribution in [3.63, 3.8) is 0 Å². The van der Waals surface area contributed by atoms with Gasteiger partial charge < -0.3 is 10.4 Å². The van der Waals surface area contributed by atoms with E-state index >= 15 is 0 Å². The van der Waals surface area contributed by atoms with Crippen LogP contribution in [0.2, 0.25) is 5.02 Å². The first-order valence-corrected chi connectivity index (χ1v) is 7.34. The van der Waals surface area contributed by atoms with Crippen LogP contribution in [0.1, 0.15) is 22.8 Å². The monoisotopic (exact) mass is 307 g/mol. The molecule has 0 spiro atoms. The first kappa shape index (κ1) is 16.0. The highest BCUT2D eigenvalue weighted by Gasteiger charge is 2.10. The Morgan fingerprint density at radius 3 is 2.71 bits per heavy atom. The Morgan fingerprint density at radius 2 is 2.00 bits per heavy atom. The van der Waals surface area contributed by atoms with Crippen LogP contribution < -0.4 is 5.32 Å². The molecule has 0 aliphatic rings. The SMILES string of the molecule is Cc1cc(F)ccc1CCNCC(O)c1ccccc1Cl. The first-order valence-electron chi connectivity index (χ1n) is 6.96. The molecule has 0 aliphatic heterocycles. The van der Waals surface area contributed by atoms with Crippen LogP contribution in [0.4, 0.5) is 4.39 Å². The molecule has 0 heterocycles. The highest BCUT2D eigenvalue weighted by Crippen LogP contribution is 2.21. The lowest BCUT2D eigenvalue weighted by atomic mass is 10.1. The van der Waals surface area contributed by atoms with E-state index in [-0.39, 0.29) is 5.82 Å². The molecule has 2 nitrogen and oxygen atoms in total. The zero-order chi connectivity index (χ0) is 15.2. The lowest BCUT2D eigenvalue weighted by Crippen LogP contribution is -2.24. The van der Waals surface area contributed by atoms with Crippen LogP contribution in [0.5, 0.6) is 0 Å². The van der Waals surface area contributed by atoms with Crippen molar-refractivity contribution in [3.8, 4) is 0 Å². The Bertz CT molecular complexity index is 603. The number of aliphatic hydroxyl groups is 1. The van der Waals surface area contributed by atoms with Crippen molar-refractivity contribution in [2.45, 2.75) is 19.4 Å². The number of rotatable bonds is 6. The molecule has 2 aromatic carbocycles. The molecule has 21 heavy (non-hydrogen) atoms. The van der Waals surface area contributed by atoms with Crippen LogP contribution in [0.25, 0.3) is 0 Å². The molecule has 1 atom stereocenters. The van der Waals surface area contributed by atoms with Crippen LogP contribution in [0, 0.1) is 12.7 Å². The zero-order valence-corrected chi connectivity index (χ0v) is 12.7. The van der Waals surface area contributed by atoms with Crippen molar-refractivity contribution in [2.24, 2.45) is 0 Å². The molecule has 2 rings (SSSR count). The molecule has 0 saturated carbocycles. The van der Waals surface area contributed by atoms with Crippen LogP contribution in [0.3, 0.4) is 0 Å². The van der Waals surface area contributed by atoms with Crippen LogP contribution in [-0.2, 0) is 6.42 Å². The van der Waals surface area contributed by atoms with Gasteiger partial charge in [-0.3, -0.25) is 0 Å². The van der Waals surface area contributed by atoms with E-state index in [4.69, 9.17) is 11.6 Å². The predicted octanol–water partition coefficient (Wildman–Crippen LogP) is 3.65. The highest BCUT2D eigenvalue weighted by molar-refractivity contribution is 6.31. The van der Waals surface area contributed by atoms with Gasteiger partial charge in [-0.05, 0) is 49.2 Å². The third-order valence-corrected chi connectivity index (χ3v) is 3.82. The van der Waals surface area contributed by atoms with E-state index in [1.807, 2.05) is 25.1 Å². The summed E-state index contributed by atoms with van der Waals surface area (Å²) < 4.78 is 13.0. The van der Waals surface area contributed by atoms with Gasteiger partial charge >= 0.3 is 0 Å². The smallest absolute Gasteiger partial charge is 0.123 e. The molecule has 112 valence electrons. The van der Waals surface area contributed by atoms with Gasteiger partial charge in [-0.2, -0.15) is 0 Å². The summed E-state index contributed by atoms with van der Waals surface area (Å²) in [5, 5.41) is 13.9. The molecule has 0 aliphatic carbocycles. The van der Waals surface area contributed by atoms with Crippen molar-refractivity contribution in [3.05, 3.63) is 70.0 Å². The minimum atomic E-state index is -0.631. The van der Waals surface area contributed by atoms with Crippen LogP contribution in [-0.4, -0.2) is 18.2 Å². The van der Waals surface area contributed by atoms with Gasteiger partial charge in [0.1, 0.15) is 5.82 Å². The molecule has 0 fully saturated rings. The standard InChI is InChI=1S/C17H19ClFNO/c1-12-10-14(19)7-6-13(12)8-9-20-11-17(21)15-4-2-3-5-16(15)18/h2-7,10,17,20-21H,8-9,11H2,1H3. The van der Waals surface area contributed by atoms with Gasteiger partial charge in [0, 0.05) is 17.1 Å². The fourth-order valence-electron chi connectivity index (χ4n) is 2.26. The van der Waals surface area contributed by atoms with Crippen molar-refractivity contribution >= 4 is 11.6 Å². The Balaban J connectivity index is 1.81. The van der Waals surface area contributed by atoms with E-state index in [1.165, 1.54) is 12.1 Å². The van der Waals surface area contributed by atoms with Crippen molar-refractivity contribution < 1.29 is 9.50 Å². The van der Waals surface area contributed by atoms with E-state index in [9.17, 15) is 9.50 Å². The Kier molecular flexibility index (Phi) is 5.74. The summed E-state index contributed by atoms with van der Waals surface area (Å²) in [5.74, 6) is -0.210. The van der Waals surface area contributed by atoms with Gasteiger partial charge in [-0.15, -0.1) is 0 Å². The van der Waals surface area contributed by atoms with Crippen LogP contribution >= 0.6 is 11.6 Å². The maximum Gasteiger partial charge on any atom is 0.123 e. The number of hydrogen-bond acceptors (Lipinski definition) is 2. The van der Waals surface area contributed by atoms with Gasteiger partial charge in [0.15, 0.2) is 0 Å². The molecule has 0 radical (unpaired) electrons. The third-order valence-electron chi connectivity index (χ3n) is 3.48. The minimum absolute atomic E-state index is 0.210. The summed E-state index contributed by atoms with van der Waals surface area (Å²) in [5.41, 5.74) is 2.78. The quantitative estimate of drug-likeness (QED) is 0.798. The summed E-state index contributed by atoms with van der Waals surface area (Å²) in [6.07, 6.45) is 0.162. The lowest BCUT2D eigenvalue weighted by molar-refractivity contribution is 0.175. The fourth-order valence-corrected chi connectivity index (χ4v) is 2.52. The first-order chi connectivity index (χ1) is 10.1. The molecule has 2 N–H and O–H groups in total. The predicted molar refractivity (Wildman–Crippen MR) is 84.1 cm³/mol. The zero-order valence-electron chi connectivity index (χ0n) is 11.9. The average molecular weight is 308 g/mol. The van der Waals surface area contributed by atoms with E-state index in [2.05, 4.69) is 5.32 Å². The van der Waals surface area contributed by atoms with E-state index in [1.54, 1.807) is 12.1 Å². The molecule has 1 unspecified atom stereocenters. The van der Waals surface area contributed by atoms with E-state index in [0.29, 0.717) is 18.1 Å². The summed E-state index contributed by atoms with van der Waals surface area (Å²) in [7, 11) is 0. The van der Waals surface area contributed by atoms with Crippen LogP contribution in [0.15, 0.2) is 42.5 Å². The van der Waals surface area contributed by atoms with Gasteiger partial charge in [0.05, 0.1) is 6.10 Å². The Labute approximate surface area is 129 Å². The van der Waals surface area contributed by atoms with Crippen molar-refractivity contribution in [1.82, 2.24) is 5.32 Å². The molecule has 4 heteroatoms. The molecule has 0 bridgehead atoms. The largest absolute Gasteiger partial charge is 0.387 e. The van der Waals surface area contributed by atoms with Gasteiger partial charge in [0.2, 0.25) is 0 Å². The molecular formula is C17H19ClFNO. The molecule has 0 amide bonds. The maximum absolute atomic E-state index is 13.0. The summed E-state index contributed by atoms with van der Waals surface area (Å²) in [4.78, 5) is 0. The number of benzene rings is 2. The second kappa shape index (κ2) is 7.55. The number of halogens is 2. The van der Waals surface area contributed by atoms with Crippen molar-refractivity contribution in [1.29, 1.82) is 0 Å². The summed E-state index contributed by atoms with van der Waals surface area (Å²) >= 11 is 6.04. The molecule has 0 aromatic heterocycles. The number of nitrogens with one attached hydrogen (secondary N) is 1. The highest BCUT2D eigenvalue weighted by atomic mass is 35.5. The van der Waals surface area contributed by atoms with E-state index in [0.717, 1.165) is 23.1 Å². The second-order valence-corrected chi connectivity index (χ2v) is 5.47. The summed E-state index contributed by atoms with van der Waals surface area (Å²) in [6, 6.07) is 12.1. The lowest BCUT2D eigenvalue weighted by Gasteiger charge is -2.14. The van der Waals surface area contributed by atoms with E-state index < -0.39 is 6.10 Å². The Morgan fingerprint density at radius 1 is 1.24 bits per heavy atom. The molecular weight excluding hydrogens is 289 g/mol. The summed E-state index contributed by atoms with van der Waals surface area (Å²) in [6.45, 7) is 3.05. The number of aliphatic hydroxyl groups excluding tert-OH is 1. The van der Waals surface area contributed by atoms with Gasteiger partial charge in [-0.25, -0.2) is 4.39 Å². The molecule has 2 aromatic rings. The number of aryl methyl sites for hydroxylation is 1. The second-order valence-electron chi connectivity index (χ2n) is 5.06. The third kappa shape index (κ3) is 4.53. The maximum atomic E-state index is 13.0. The fraction of sp³-hybridized carbons (Fsp3) is 0.294. The molecule has 0 saturated heterocycles. The normalized spacial score (nSPS) is 12.4. The van der Waals surface area contributed by atoms with Gasteiger partial charge in [-0.1, -0.05) is 35.9 Å². The topological polar surface area (TPSA) is 32.3 Å². The van der Waals surface area contributed by atoms with Gasteiger partial charge in [0.25, 0.3) is 0 Å². The van der Waals surface area contributed by atoms with Crippen molar-refractivity contribution in [2.75, 3.05) is 13.1 Å².